The minimum absolute atomic E-state index is 0.160. The molecule has 0 bridgehead atoms. The molecule has 0 saturated carbocycles. The molecule has 3 aromatic heterocycles. The van der Waals surface area contributed by atoms with Gasteiger partial charge in [-0.3, -0.25) is 15.0 Å². The van der Waals surface area contributed by atoms with E-state index in [2.05, 4.69) is 30.2 Å². The summed E-state index contributed by atoms with van der Waals surface area (Å²) in [6, 6.07) is 27.0. The summed E-state index contributed by atoms with van der Waals surface area (Å²) in [6.45, 7) is 1.81. The molecule has 10 nitrogen and oxygen atoms in total. The average Bonchev–Trinajstić information content (AvgIpc) is 3.72. The van der Waals surface area contributed by atoms with Gasteiger partial charge in [0.1, 0.15) is 5.69 Å². The summed E-state index contributed by atoms with van der Waals surface area (Å²) in [5.41, 5.74) is 8.27. The van der Waals surface area contributed by atoms with Crippen molar-refractivity contribution in [3.8, 4) is 22.5 Å². The molecule has 248 valence electrons. The summed E-state index contributed by atoms with van der Waals surface area (Å²) >= 11 is 12.6. The number of carbonyl (C=O) groups excluding carboxylic acids is 2. The Hall–Kier alpha value is -5.16. The Morgan fingerprint density at radius 2 is 1.67 bits per heavy atom. The first-order chi connectivity index (χ1) is 23.9. The number of anilines is 2. The summed E-state index contributed by atoms with van der Waals surface area (Å²) in [5.74, 6) is 5.35. The van der Waals surface area contributed by atoms with Gasteiger partial charge in [-0.2, -0.15) is 0 Å². The largest absolute Gasteiger partial charge is 0.355 e. The Labute approximate surface area is 293 Å². The van der Waals surface area contributed by atoms with Crippen LogP contribution in [-0.4, -0.2) is 44.4 Å². The Morgan fingerprint density at radius 1 is 0.918 bits per heavy atom. The maximum absolute atomic E-state index is 14.4. The number of aromatic nitrogens is 4. The van der Waals surface area contributed by atoms with Crippen molar-refractivity contribution in [2.24, 2.45) is 11.8 Å². The third-order valence-corrected chi connectivity index (χ3v) is 9.49. The second-order valence-corrected chi connectivity index (χ2v) is 12.9. The Bertz CT molecular complexity index is 2120. The molecule has 7 rings (SSSR count). The Balaban J connectivity index is 1.29. The number of imidazole rings is 1. The number of nitrogens with zero attached hydrogens (tertiary/aromatic N) is 4. The molecule has 1 fully saturated rings. The highest BCUT2D eigenvalue weighted by molar-refractivity contribution is 6.31. The molecular weight excluding hydrogens is 659 g/mol. The number of nitrogens with two attached hydrogens (primary N) is 1. The number of hydrogen-bond donors (Lipinski definition) is 4. The molecule has 1 aliphatic heterocycles. The van der Waals surface area contributed by atoms with Crippen molar-refractivity contribution in [3.63, 3.8) is 0 Å². The number of rotatable bonds is 9. The number of amides is 2. The number of halogens is 2. The zero-order valence-electron chi connectivity index (χ0n) is 26.5. The molecule has 6 aromatic rings. The summed E-state index contributed by atoms with van der Waals surface area (Å²) in [6.07, 6.45) is 5.51. The van der Waals surface area contributed by atoms with Crippen molar-refractivity contribution in [1.82, 2.24) is 24.9 Å². The maximum atomic E-state index is 14.4. The van der Waals surface area contributed by atoms with Crippen molar-refractivity contribution < 1.29 is 9.59 Å². The first-order valence-corrected chi connectivity index (χ1v) is 16.8. The third-order valence-electron chi connectivity index (χ3n) is 9.01. The zero-order chi connectivity index (χ0) is 33.9. The van der Waals surface area contributed by atoms with Crippen LogP contribution in [0.15, 0.2) is 97.5 Å². The lowest BCUT2D eigenvalue weighted by Gasteiger charge is -2.32. The highest BCUT2D eigenvalue weighted by atomic mass is 35.5. The normalized spacial score (nSPS) is 13.5. The van der Waals surface area contributed by atoms with Crippen molar-refractivity contribution in [2.75, 3.05) is 23.3 Å². The van der Waals surface area contributed by atoms with Gasteiger partial charge in [0, 0.05) is 63.8 Å². The molecule has 0 atom stereocenters. The Morgan fingerprint density at radius 3 is 2.43 bits per heavy atom. The molecule has 2 amide bonds. The van der Waals surface area contributed by atoms with E-state index < -0.39 is 0 Å². The van der Waals surface area contributed by atoms with Crippen LogP contribution in [0.25, 0.3) is 33.4 Å². The minimum atomic E-state index is -0.335. The number of H-pyrrole nitrogens is 1. The smallest absolute Gasteiger partial charge is 0.272 e. The summed E-state index contributed by atoms with van der Waals surface area (Å²) in [4.78, 5) is 41.5. The molecule has 0 radical (unpaired) electrons. The topological polar surface area (TPSA) is 134 Å². The molecule has 12 heteroatoms. The minimum Gasteiger partial charge on any atom is -0.355 e. The first kappa shape index (κ1) is 32.4. The predicted molar refractivity (Wildman–Crippen MR) is 195 cm³/mol. The van der Waals surface area contributed by atoms with Gasteiger partial charge in [-0.25, -0.2) is 15.8 Å². The van der Waals surface area contributed by atoms with Crippen LogP contribution in [0.5, 0.6) is 0 Å². The van der Waals surface area contributed by atoms with Crippen LogP contribution >= 0.6 is 23.2 Å². The fraction of sp³-hybridized carbons (Fsp3) is 0.189. The second kappa shape index (κ2) is 14.1. The third kappa shape index (κ3) is 6.76. The molecule has 5 N–H and O–H groups in total. The summed E-state index contributed by atoms with van der Waals surface area (Å²) in [5, 5.41) is 5.22. The number of piperidine rings is 1. The highest BCUT2D eigenvalue weighted by Crippen LogP contribution is 2.40. The van der Waals surface area contributed by atoms with Crippen molar-refractivity contribution in [3.05, 3.63) is 119 Å². The van der Waals surface area contributed by atoms with Crippen LogP contribution in [-0.2, 0) is 17.8 Å². The van der Waals surface area contributed by atoms with Crippen LogP contribution in [0.4, 0.5) is 11.5 Å². The quantitative estimate of drug-likeness (QED) is 0.0726. The molecule has 4 heterocycles. The molecule has 0 unspecified atom stereocenters. The maximum Gasteiger partial charge on any atom is 0.272 e. The van der Waals surface area contributed by atoms with Crippen LogP contribution in [0.3, 0.4) is 0 Å². The van der Waals surface area contributed by atoms with E-state index in [9.17, 15) is 9.59 Å². The molecule has 1 aliphatic rings. The fourth-order valence-corrected chi connectivity index (χ4v) is 6.81. The van der Waals surface area contributed by atoms with Crippen molar-refractivity contribution in [1.29, 1.82) is 0 Å². The molecule has 49 heavy (non-hydrogen) atoms. The van der Waals surface area contributed by atoms with E-state index in [1.165, 1.54) is 0 Å². The van der Waals surface area contributed by atoms with Gasteiger partial charge in [-0.1, -0.05) is 71.7 Å². The van der Waals surface area contributed by atoms with Crippen LogP contribution in [0.1, 0.15) is 28.9 Å². The van der Waals surface area contributed by atoms with Gasteiger partial charge in [-0.05, 0) is 61.2 Å². The molecule has 0 spiro atoms. The number of nitrogens with one attached hydrogen (secondary N) is 3. The second-order valence-electron chi connectivity index (χ2n) is 12.0. The zero-order valence-corrected chi connectivity index (χ0v) is 28.0. The summed E-state index contributed by atoms with van der Waals surface area (Å²) < 4.78 is 2.10. The lowest BCUT2D eigenvalue weighted by molar-refractivity contribution is -0.125. The van der Waals surface area contributed by atoms with E-state index in [0.29, 0.717) is 59.7 Å². The van der Waals surface area contributed by atoms with E-state index in [1.54, 1.807) is 12.3 Å². The van der Waals surface area contributed by atoms with Gasteiger partial charge in [0.25, 0.3) is 5.91 Å². The van der Waals surface area contributed by atoms with Crippen LogP contribution < -0.4 is 21.5 Å². The van der Waals surface area contributed by atoms with E-state index in [1.807, 2.05) is 85.2 Å². The number of fused-ring (bicyclic) bond motifs is 1. The highest BCUT2D eigenvalue weighted by Gasteiger charge is 2.29. The van der Waals surface area contributed by atoms with Gasteiger partial charge in [0.05, 0.1) is 23.4 Å². The number of carbonyl (C=O) groups is 2. The predicted octanol–water partition coefficient (Wildman–Crippen LogP) is 7.10. The van der Waals surface area contributed by atoms with Gasteiger partial charge in [0.15, 0.2) is 5.82 Å². The lowest BCUT2D eigenvalue weighted by Crippen LogP contribution is -2.43. The monoisotopic (exact) mass is 692 g/mol. The van der Waals surface area contributed by atoms with Gasteiger partial charge >= 0.3 is 0 Å². The Kier molecular flexibility index (Phi) is 9.34. The fourth-order valence-electron chi connectivity index (χ4n) is 6.51. The number of benzene rings is 3. The number of hydrazine groups is 1. The van der Waals surface area contributed by atoms with Crippen molar-refractivity contribution in [2.45, 2.75) is 25.8 Å². The van der Waals surface area contributed by atoms with Crippen LogP contribution in [0.2, 0.25) is 10.0 Å². The van der Waals surface area contributed by atoms with Gasteiger partial charge in [-0.15, -0.1) is 0 Å². The number of pyridine rings is 1. The van der Waals surface area contributed by atoms with Crippen LogP contribution in [0, 0.1) is 5.92 Å². The van der Waals surface area contributed by atoms with Gasteiger partial charge < -0.3 is 19.8 Å². The number of hydrogen-bond acceptors (Lipinski definition) is 6. The number of aryl methyl sites for hydroxylation is 2. The van der Waals surface area contributed by atoms with E-state index in [0.717, 1.165) is 45.4 Å². The van der Waals surface area contributed by atoms with E-state index in [4.69, 9.17) is 34.0 Å². The van der Waals surface area contributed by atoms with E-state index in [-0.39, 0.29) is 17.7 Å². The number of aromatic amines is 1. The molecular formula is C37H34Cl2N8O2. The molecule has 1 saturated heterocycles. The standard InChI is InChI=1S/C37H34Cl2N8O2/c38-26-10-8-23(9-11-26)14-18-47-22-42-32(24-5-2-1-3-6-24)34(47)31-28-13-12-27(39)21-30(28)43-33(31)37(49)44-29-7-4-17-41-35(29)46-19-15-25(16-20-46)36(48)45-40/h1-13,17,21-22,25,43H,14-16,18-20,40H2,(H,44,49)(H,45,48). The molecule has 0 aliphatic carbocycles. The van der Waals surface area contributed by atoms with Crippen molar-refractivity contribution >= 4 is 57.4 Å². The van der Waals surface area contributed by atoms with E-state index >= 15 is 0 Å². The average molecular weight is 694 g/mol. The van der Waals surface area contributed by atoms with Gasteiger partial charge in [0.2, 0.25) is 5.91 Å². The first-order valence-electron chi connectivity index (χ1n) is 16.1. The molecule has 3 aromatic carbocycles. The SMILES string of the molecule is NNC(=O)C1CCN(c2ncccc2NC(=O)c2[nH]c3cc(Cl)ccc3c2-c2c(-c3ccccc3)ncn2CCc2ccc(Cl)cc2)CC1. The summed E-state index contributed by atoms with van der Waals surface area (Å²) in [7, 11) is 0. The lowest BCUT2D eigenvalue weighted by atomic mass is 9.96.